The Hall–Kier alpha value is 0.165. The second-order valence-corrected chi connectivity index (χ2v) is 10.0. The molecule has 0 amide bonds. The first-order chi connectivity index (χ1) is 7.04. The minimum Gasteiger partial charge on any atom is -0.412 e. The Balaban J connectivity index is 0.00000225. The van der Waals surface area contributed by atoms with Crippen LogP contribution >= 0.6 is 19.9 Å². The fourth-order valence-electron chi connectivity index (χ4n) is 1.27. The van der Waals surface area contributed by atoms with Crippen molar-refractivity contribution in [2.45, 2.75) is 20.5 Å². The molecule has 2 N–H and O–H groups in total. The topological polar surface area (TPSA) is 57.8 Å². The molecule has 0 aliphatic rings. The van der Waals surface area contributed by atoms with Gasteiger partial charge in [-0.05, 0) is 0 Å². The molecule has 0 radical (unpaired) electrons. The zero-order chi connectivity index (χ0) is 11.4. The average Bonchev–Trinajstić information content (AvgIpc) is 2.18. The van der Waals surface area contributed by atoms with Crippen molar-refractivity contribution in [2.75, 3.05) is 0 Å². The van der Waals surface area contributed by atoms with Crippen LogP contribution in [0.15, 0.2) is 12.1 Å². The van der Waals surface area contributed by atoms with Crippen molar-refractivity contribution in [3.63, 3.8) is 0 Å². The summed E-state index contributed by atoms with van der Waals surface area (Å²) in [5.41, 5.74) is 2.07. The van der Waals surface area contributed by atoms with Crippen LogP contribution in [0.1, 0.15) is 18.1 Å². The molecule has 1 aromatic carbocycles. The molecule has 1 rings (SSSR count). The summed E-state index contributed by atoms with van der Waals surface area (Å²) in [5.74, 6) is -0.286. The Morgan fingerprint density at radius 2 is 2.12 bits per heavy atom. The molecule has 86 valence electrons. The van der Waals surface area contributed by atoms with Gasteiger partial charge in [-0.2, -0.15) is 0 Å². The van der Waals surface area contributed by atoms with E-state index in [-0.39, 0.29) is 18.1 Å². The molecule has 3 nitrogen and oxygen atoms in total. The van der Waals surface area contributed by atoms with Crippen LogP contribution in [0.3, 0.4) is 0 Å². The number of rotatable bonds is 3. The van der Waals surface area contributed by atoms with Crippen LogP contribution in [0.25, 0.3) is 0 Å². The predicted octanol–water partition coefficient (Wildman–Crippen LogP) is 1.75. The predicted molar refractivity (Wildman–Crippen MR) is 60.8 cm³/mol. The number of ether oxygens (including phenoxy) is 1. The molecule has 6 heteroatoms. The van der Waals surface area contributed by atoms with E-state index in [0.29, 0.717) is 5.02 Å². The van der Waals surface area contributed by atoms with Gasteiger partial charge in [0, 0.05) is 0 Å². The number of halogens is 2. The van der Waals surface area contributed by atoms with Crippen molar-refractivity contribution in [3.05, 3.63) is 28.3 Å². The third-order valence-electron chi connectivity index (χ3n) is 2.16. The van der Waals surface area contributed by atoms with Gasteiger partial charge in [0.2, 0.25) is 0 Å². The fourth-order valence-corrected chi connectivity index (χ4v) is 7.28. The van der Waals surface area contributed by atoms with E-state index in [9.17, 15) is 4.79 Å². The SMILES string of the molecule is CC(=O)OCc1cc(Cl)c[c]([Hg][Cl])c1C.O. The number of hydrogen-bond donors (Lipinski definition) is 0. The van der Waals surface area contributed by atoms with Gasteiger partial charge >= 0.3 is 110 Å². The van der Waals surface area contributed by atoms with Gasteiger partial charge in [-0.1, -0.05) is 0 Å². The minimum absolute atomic E-state index is 0. The molecule has 0 fully saturated rings. The Labute approximate surface area is 115 Å². The molecule has 0 atom stereocenters. The van der Waals surface area contributed by atoms with Gasteiger partial charge in [-0.15, -0.1) is 0 Å². The van der Waals surface area contributed by atoms with E-state index in [0.717, 1.165) is 11.1 Å². The summed E-state index contributed by atoms with van der Waals surface area (Å²) in [6.07, 6.45) is 0. The van der Waals surface area contributed by atoms with E-state index in [1.54, 1.807) is 0 Å². The first-order valence-corrected chi connectivity index (χ1v) is 14.4. The van der Waals surface area contributed by atoms with Gasteiger partial charge in [0.1, 0.15) is 0 Å². The number of carbonyl (C=O) groups is 1. The van der Waals surface area contributed by atoms with Crippen molar-refractivity contribution in [1.82, 2.24) is 0 Å². The van der Waals surface area contributed by atoms with Gasteiger partial charge < -0.3 is 5.48 Å². The number of benzene rings is 1. The molecule has 0 aliphatic heterocycles. The molecular weight excluding hydrogens is 440 g/mol. The van der Waals surface area contributed by atoms with Gasteiger partial charge in [-0.25, -0.2) is 0 Å². The number of esters is 1. The van der Waals surface area contributed by atoms with Gasteiger partial charge in [0.05, 0.1) is 0 Å². The Morgan fingerprint density at radius 3 is 2.62 bits per heavy atom. The zero-order valence-corrected chi connectivity index (χ0v) is 16.2. The van der Waals surface area contributed by atoms with E-state index in [4.69, 9.17) is 24.6 Å². The Kier molecular flexibility index (Phi) is 7.56. The first-order valence-electron chi connectivity index (χ1n) is 4.51. The summed E-state index contributed by atoms with van der Waals surface area (Å²) in [6.45, 7) is 3.66. The van der Waals surface area contributed by atoms with E-state index in [1.165, 1.54) is 10.00 Å². The molecule has 0 aliphatic carbocycles. The molecule has 0 unspecified atom stereocenters. The van der Waals surface area contributed by atoms with Crippen molar-refractivity contribution in [1.29, 1.82) is 0 Å². The van der Waals surface area contributed by atoms with Crippen LogP contribution < -0.4 is 3.07 Å². The van der Waals surface area contributed by atoms with Crippen LogP contribution in [0.2, 0.25) is 5.02 Å². The van der Waals surface area contributed by atoms with Crippen molar-refractivity contribution in [3.8, 4) is 0 Å². The molecule has 0 heterocycles. The molecule has 0 aromatic heterocycles. The van der Waals surface area contributed by atoms with Crippen molar-refractivity contribution < 1.29 is 38.3 Å². The summed E-state index contributed by atoms with van der Waals surface area (Å²) in [6, 6.07) is 3.74. The summed E-state index contributed by atoms with van der Waals surface area (Å²) < 4.78 is 6.13. The monoisotopic (exact) mass is 452 g/mol. The third kappa shape index (κ3) is 4.58. The van der Waals surface area contributed by atoms with Gasteiger partial charge in [-0.3, -0.25) is 0 Å². The van der Waals surface area contributed by atoms with E-state index in [2.05, 4.69) is 0 Å². The maximum Gasteiger partial charge on any atom is -0.412 e. The molecule has 0 spiro atoms. The third-order valence-corrected chi connectivity index (χ3v) is 8.88. The molecule has 0 bridgehead atoms. The van der Waals surface area contributed by atoms with Gasteiger partial charge in [0.15, 0.2) is 0 Å². The quantitative estimate of drug-likeness (QED) is 0.519. The summed E-state index contributed by atoms with van der Waals surface area (Å²) in [4.78, 5) is 10.7. The summed E-state index contributed by atoms with van der Waals surface area (Å²) >= 11 is 4.48. The van der Waals surface area contributed by atoms with Gasteiger partial charge in [0.25, 0.3) is 0 Å². The molecule has 1 aromatic rings. The Bertz CT molecular complexity index is 383. The van der Waals surface area contributed by atoms with Crippen LogP contribution in [0, 0.1) is 6.92 Å². The second-order valence-electron chi connectivity index (χ2n) is 3.26. The smallest absolute Gasteiger partial charge is 0.412 e. The molecule has 16 heavy (non-hydrogen) atoms. The normalized spacial score (nSPS) is 9.00. The first kappa shape index (κ1) is 16.2. The molecular formula is C10H12Cl2HgO3. The Morgan fingerprint density at radius 1 is 1.50 bits per heavy atom. The van der Waals surface area contributed by atoms with Crippen LogP contribution in [0.4, 0.5) is 0 Å². The summed E-state index contributed by atoms with van der Waals surface area (Å²) in [7, 11) is 5.99. The zero-order valence-electron chi connectivity index (χ0n) is 9.14. The number of hydrogen-bond acceptors (Lipinski definition) is 2. The fraction of sp³-hybridized carbons (Fsp3) is 0.300. The molecule has 0 saturated carbocycles. The van der Waals surface area contributed by atoms with E-state index >= 15 is 0 Å². The maximum atomic E-state index is 10.7. The van der Waals surface area contributed by atoms with E-state index < -0.39 is 23.3 Å². The van der Waals surface area contributed by atoms with E-state index in [1.807, 2.05) is 19.1 Å². The summed E-state index contributed by atoms with van der Waals surface area (Å²) in [5, 5.41) is 0.665. The number of carbonyl (C=O) groups excluding carboxylic acids is 1. The average molecular weight is 452 g/mol. The minimum atomic E-state index is -1.47. The van der Waals surface area contributed by atoms with Crippen molar-refractivity contribution in [2.24, 2.45) is 0 Å². The largest absolute Gasteiger partial charge is 0.412 e. The standard InChI is InChI=1S/C10H10ClO2.ClH.Hg.H2O/c1-7-3-4-10(11)5-9(7)6-13-8(2)12;;;/h4-5H,6H2,1-2H3;1H;;1H2/q;;+1;/p-1. The van der Waals surface area contributed by atoms with Crippen LogP contribution in [-0.4, -0.2) is 11.4 Å². The van der Waals surface area contributed by atoms with Crippen molar-refractivity contribution >= 4 is 28.9 Å². The molecule has 0 saturated heterocycles. The van der Waals surface area contributed by atoms with Crippen LogP contribution in [0.5, 0.6) is 0 Å². The second kappa shape index (κ2) is 7.48. The van der Waals surface area contributed by atoms with Crippen LogP contribution in [-0.2, 0) is 39.5 Å². The maximum absolute atomic E-state index is 10.7.